The van der Waals surface area contributed by atoms with Crippen LogP contribution in [-0.2, 0) is 0 Å². The van der Waals surface area contributed by atoms with Gasteiger partial charge in [-0.2, -0.15) is 11.8 Å². The molecule has 2 rings (SSSR count). The van der Waals surface area contributed by atoms with E-state index in [1.165, 1.54) is 12.5 Å². The van der Waals surface area contributed by atoms with Crippen molar-refractivity contribution in [2.75, 3.05) is 18.2 Å². The van der Waals surface area contributed by atoms with Crippen LogP contribution in [0.2, 0.25) is 5.15 Å². The minimum atomic E-state index is -0.152. The van der Waals surface area contributed by atoms with Crippen LogP contribution in [0.15, 0.2) is 12.1 Å². The number of carbonyl (C=O) groups is 1. The Morgan fingerprint density at radius 2 is 2.32 bits per heavy atom. The van der Waals surface area contributed by atoms with Crippen molar-refractivity contribution in [2.45, 2.75) is 24.0 Å². The van der Waals surface area contributed by atoms with Crippen molar-refractivity contribution in [1.82, 2.24) is 10.3 Å². The Kier molecular flexibility index (Phi) is 4.54. The lowest BCUT2D eigenvalue weighted by Crippen LogP contribution is -2.45. The maximum absolute atomic E-state index is 12.1. The summed E-state index contributed by atoms with van der Waals surface area (Å²) in [5.74, 6) is 5.50. The number of carbonyl (C=O) groups excluding carboxylic acids is 1. The number of nitrogens with one attached hydrogen (secondary N) is 2. The van der Waals surface area contributed by atoms with Gasteiger partial charge in [-0.15, -0.1) is 0 Å². The van der Waals surface area contributed by atoms with E-state index in [9.17, 15) is 4.79 Å². The monoisotopic (exact) mass is 300 g/mol. The Hall–Kier alpha value is -0.980. The van der Waals surface area contributed by atoms with Gasteiger partial charge < -0.3 is 10.7 Å². The molecule has 1 aromatic rings. The van der Waals surface area contributed by atoms with Crippen LogP contribution in [0.3, 0.4) is 0 Å². The van der Waals surface area contributed by atoms with Gasteiger partial charge in [-0.1, -0.05) is 18.0 Å². The first kappa shape index (κ1) is 14.4. The van der Waals surface area contributed by atoms with Gasteiger partial charge in [-0.25, -0.2) is 10.8 Å². The number of halogens is 1. The van der Waals surface area contributed by atoms with Crippen molar-refractivity contribution < 1.29 is 4.79 Å². The number of rotatable bonds is 5. The summed E-state index contributed by atoms with van der Waals surface area (Å²) < 4.78 is 0.210. The van der Waals surface area contributed by atoms with E-state index in [2.05, 4.69) is 22.0 Å². The minimum absolute atomic E-state index is 0.152. The quantitative estimate of drug-likeness (QED) is 0.440. The van der Waals surface area contributed by atoms with Crippen LogP contribution >= 0.6 is 23.4 Å². The number of nitrogen functional groups attached to an aromatic ring is 1. The van der Waals surface area contributed by atoms with Gasteiger partial charge in [-0.05, 0) is 31.2 Å². The van der Waals surface area contributed by atoms with Crippen molar-refractivity contribution in [3.05, 3.63) is 22.8 Å². The fourth-order valence-corrected chi connectivity index (χ4v) is 3.19. The summed E-state index contributed by atoms with van der Waals surface area (Å²) in [6, 6.07) is 3.11. The molecule has 0 atom stereocenters. The van der Waals surface area contributed by atoms with E-state index in [0.29, 0.717) is 17.9 Å². The smallest absolute Gasteiger partial charge is 0.251 e. The Morgan fingerprint density at radius 3 is 2.84 bits per heavy atom. The van der Waals surface area contributed by atoms with Crippen LogP contribution in [0, 0.1) is 0 Å². The highest BCUT2D eigenvalue weighted by atomic mass is 35.5. The molecule has 4 N–H and O–H groups in total. The minimum Gasteiger partial charge on any atom is -0.351 e. The first-order valence-corrected chi connectivity index (χ1v) is 7.66. The molecule has 1 amide bonds. The average molecular weight is 301 g/mol. The number of aromatic nitrogens is 1. The maximum Gasteiger partial charge on any atom is 0.251 e. The molecule has 1 aromatic heterocycles. The fraction of sp³-hybridized carbons (Fsp3) is 0.500. The summed E-state index contributed by atoms with van der Waals surface area (Å²) in [6.45, 7) is 0.679. The molecule has 0 bridgehead atoms. The van der Waals surface area contributed by atoms with Gasteiger partial charge in [0.2, 0.25) is 0 Å². The van der Waals surface area contributed by atoms with E-state index in [1.807, 2.05) is 11.8 Å². The molecule has 0 aromatic carbocycles. The molecule has 1 fully saturated rings. The molecule has 1 aliphatic carbocycles. The maximum atomic E-state index is 12.1. The molecule has 104 valence electrons. The van der Waals surface area contributed by atoms with E-state index in [4.69, 9.17) is 17.4 Å². The number of anilines is 1. The van der Waals surface area contributed by atoms with Crippen molar-refractivity contribution >= 4 is 35.1 Å². The Balaban J connectivity index is 2.01. The van der Waals surface area contributed by atoms with Gasteiger partial charge in [-0.3, -0.25) is 4.79 Å². The zero-order valence-corrected chi connectivity index (χ0v) is 12.3. The lowest BCUT2D eigenvalue weighted by Gasteiger charge is -2.40. The number of hydrogen-bond acceptors (Lipinski definition) is 5. The molecule has 0 saturated heterocycles. The van der Waals surface area contributed by atoms with Gasteiger partial charge in [0, 0.05) is 16.9 Å². The van der Waals surface area contributed by atoms with Gasteiger partial charge in [0.15, 0.2) is 0 Å². The van der Waals surface area contributed by atoms with Crippen LogP contribution in [0.5, 0.6) is 0 Å². The number of hydrazine groups is 1. The summed E-state index contributed by atoms with van der Waals surface area (Å²) in [5, 5.41) is 3.20. The van der Waals surface area contributed by atoms with E-state index in [0.717, 1.165) is 12.8 Å². The molecule has 1 heterocycles. The Bertz CT molecular complexity index is 473. The molecule has 1 saturated carbocycles. The van der Waals surface area contributed by atoms with Gasteiger partial charge in [0.25, 0.3) is 5.91 Å². The van der Waals surface area contributed by atoms with Gasteiger partial charge in [0.05, 0.1) is 0 Å². The number of hydrogen-bond donors (Lipinski definition) is 3. The van der Waals surface area contributed by atoms with Crippen LogP contribution < -0.4 is 16.6 Å². The summed E-state index contributed by atoms with van der Waals surface area (Å²) in [5.41, 5.74) is 2.85. The zero-order valence-electron chi connectivity index (χ0n) is 10.7. The van der Waals surface area contributed by atoms with Crippen molar-refractivity contribution in [3.8, 4) is 0 Å². The third kappa shape index (κ3) is 3.32. The highest BCUT2D eigenvalue weighted by Gasteiger charge is 2.36. The summed E-state index contributed by atoms with van der Waals surface area (Å²) in [6.07, 6.45) is 5.63. The standard InChI is InChI=1S/C12H17ClN4OS/c1-19-12(3-2-4-12)7-15-11(18)8-5-9(13)16-10(6-8)17-14/h5-6H,2-4,7,14H2,1H3,(H,15,18)(H,16,17). The number of thioether (sulfide) groups is 1. The molecule has 5 nitrogen and oxygen atoms in total. The number of nitrogens with two attached hydrogens (primary N) is 1. The van der Waals surface area contributed by atoms with Crippen LogP contribution in [0.1, 0.15) is 29.6 Å². The molecule has 0 spiro atoms. The Morgan fingerprint density at radius 1 is 1.58 bits per heavy atom. The van der Waals surface area contributed by atoms with E-state index >= 15 is 0 Å². The molecule has 0 aliphatic heterocycles. The molecule has 7 heteroatoms. The summed E-state index contributed by atoms with van der Waals surface area (Å²) in [7, 11) is 0. The van der Waals surface area contributed by atoms with Crippen LogP contribution in [0.4, 0.5) is 5.82 Å². The second-order valence-electron chi connectivity index (χ2n) is 4.63. The van der Waals surface area contributed by atoms with Crippen LogP contribution in [0.25, 0.3) is 0 Å². The number of amides is 1. The molecule has 0 unspecified atom stereocenters. The third-order valence-corrected chi connectivity index (χ3v) is 5.09. The lowest BCUT2D eigenvalue weighted by atomic mass is 9.84. The van der Waals surface area contributed by atoms with E-state index < -0.39 is 0 Å². The third-order valence-electron chi connectivity index (χ3n) is 3.47. The first-order valence-electron chi connectivity index (χ1n) is 6.06. The molecule has 1 aliphatic rings. The number of nitrogens with zero attached hydrogens (tertiary/aromatic N) is 1. The van der Waals surface area contributed by atoms with E-state index in [-0.39, 0.29) is 15.8 Å². The summed E-state index contributed by atoms with van der Waals surface area (Å²) >= 11 is 7.66. The van der Waals surface area contributed by atoms with Gasteiger partial charge in [0.1, 0.15) is 11.0 Å². The predicted octanol–water partition coefficient (Wildman–Crippen LogP) is 2.04. The zero-order chi connectivity index (χ0) is 13.9. The SMILES string of the molecule is CSC1(CNC(=O)c2cc(Cl)nc(NN)c2)CCC1. The average Bonchev–Trinajstić information content (AvgIpc) is 2.37. The fourth-order valence-electron chi connectivity index (χ4n) is 2.07. The Labute approximate surface area is 121 Å². The topological polar surface area (TPSA) is 80.0 Å². The summed E-state index contributed by atoms with van der Waals surface area (Å²) in [4.78, 5) is 16.0. The van der Waals surface area contributed by atoms with Crippen molar-refractivity contribution in [1.29, 1.82) is 0 Å². The van der Waals surface area contributed by atoms with Crippen molar-refractivity contribution in [2.24, 2.45) is 5.84 Å². The second kappa shape index (κ2) is 5.98. The predicted molar refractivity (Wildman–Crippen MR) is 79.5 cm³/mol. The largest absolute Gasteiger partial charge is 0.351 e. The second-order valence-corrected chi connectivity index (χ2v) is 6.29. The highest BCUT2D eigenvalue weighted by Crippen LogP contribution is 2.42. The van der Waals surface area contributed by atoms with Crippen molar-refractivity contribution in [3.63, 3.8) is 0 Å². The molecular weight excluding hydrogens is 284 g/mol. The van der Waals surface area contributed by atoms with Crippen LogP contribution in [-0.4, -0.2) is 28.4 Å². The first-order chi connectivity index (χ1) is 9.08. The normalized spacial score (nSPS) is 16.6. The molecule has 19 heavy (non-hydrogen) atoms. The lowest BCUT2D eigenvalue weighted by molar-refractivity contribution is 0.0944. The van der Waals surface area contributed by atoms with Gasteiger partial charge >= 0.3 is 0 Å². The molecular formula is C12H17ClN4OS. The number of pyridine rings is 1. The molecule has 0 radical (unpaired) electrons. The van der Waals surface area contributed by atoms with E-state index in [1.54, 1.807) is 6.07 Å². The highest BCUT2D eigenvalue weighted by molar-refractivity contribution is 8.00.